The predicted octanol–water partition coefficient (Wildman–Crippen LogP) is 5.30. The Hall–Kier alpha value is -3.64. The topological polar surface area (TPSA) is 133 Å². The molecule has 8 heteroatoms. The summed E-state index contributed by atoms with van der Waals surface area (Å²) < 4.78 is 12.4. The highest BCUT2D eigenvalue weighted by Gasteiger charge is 2.37. The number of aromatic amines is 1. The van der Waals surface area contributed by atoms with Crippen molar-refractivity contribution in [3.63, 3.8) is 0 Å². The van der Waals surface area contributed by atoms with E-state index in [0.29, 0.717) is 37.1 Å². The molecule has 2 heterocycles. The third-order valence-electron chi connectivity index (χ3n) is 9.70. The molecule has 0 spiro atoms. The van der Waals surface area contributed by atoms with E-state index in [1.165, 1.54) is 5.57 Å². The van der Waals surface area contributed by atoms with Crippen molar-refractivity contribution in [3.8, 4) is 23.3 Å². The van der Waals surface area contributed by atoms with Gasteiger partial charge in [0.2, 0.25) is 0 Å². The highest BCUT2D eigenvalue weighted by atomic mass is 16.5. The van der Waals surface area contributed by atoms with Crippen LogP contribution in [0.5, 0.6) is 11.5 Å². The van der Waals surface area contributed by atoms with Gasteiger partial charge in [0.05, 0.1) is 37.8 Å². The smallest absolute Gasteiger partial charge is 0.161 e. The van der Waals surface area contributed by atoms with Crippen molar-refractivity contribution in [2.75, 3.05) is 26.4 Å². The number of nitrogens with one attached hydrogen (secondary N) is 2. The molecule has 0 saturated heterocycles. The van der Waals surface area contributed by atoms with E-state index in [0.717, 1.165) is 56.2 Å². The van der Waals surface area contributed by atoms with Crippen molar-refractivity contribution < 1.29 is 24.8 Å². The third kappa shape index (κ3) is 9.00. The maximum absolute atomic E-state index is 11.7. The molecule has 8 nitrogen and oxygen atoms in total. The molecule has 7 atom stereocenters. The minimum atomic E-state index is -0.645. The summed E-state index contributed by atoms with van der Waals surface area (Å²) in [5.74, 6) is 8.38. The summed E-state index contributed by atoms with van der Waals surface area (Å²) in [4.78, 5) is 3.31. The summed E-state index contributed by atoms with van der Waals surface area (Å²) >= 11 is 0. The average Bonchev–Trinajstić information content (AvgIpc) is 3.52. The maximum Gasteiger partial charge on any atom is 0.161 e. The van der Waals surface area contributed by atoms with Gasteiger partial charge in [-0.3, -0.25) is 0 Å². The van der Waals surface area contributed by atoms with E-state index < -0.39 is 6.10 Å². The number of phenols is 1. The Morgan fingerprint density at radius 1 is 1.11 bits per heavy atom. The van der Waals surface area contributed by atoms with Crippen molar-refractivity contribution in [2.24, 2.45) is 29.4 Å². The first kappa shape index (κ1) is 33.7. The van der Waals surface area contributed by atoms with Crippen LogP contribution in [0, 0.1) is 35.5 Å². The van der Waals surface area contributed by atoms with Crippen molar-refractivity contribution >= 4 is 0 Å². The summed E-state index contributed by atoms with van der Waals surface area (Å²) in [6, 6.07) is 9.59. The summed E-state index contributed by atoms with van der Waals surface area (Å²) in [5, 5.41) is 35.1. The van der Waals surface area contributed by atoms with E-state index in [9.17, 15) is 15.3 Å². The fourth-order valence-electron chi connectivity index (χ4n) is 7.10. The minimum absolute atomic E-state index is 0.0470. The number of fused-ring (bicyclic) bond motifs is 1. The van der Waals surface area contributed by atoms with E-state index in [-0.39, 0.29) is 48.7 Å². The van der Waals surface area contributed by atoms with Crippen LogP contribution in [0.1, 0.15) is 69.0 Å². The van der Waals surface area contributed by atoms with E-state index >= 15 is 0 Å². The quantitative estimate of drug-likeness (QED) is 0.139. The molecule has 1 aromatic heterocycles. The molecule has 0 bridgehead atoms. The van der Waals surface area contributed by atoms with Crippen LogP contribution in [-0.4, -0.2) is 58.9 Å². The maximum atomic E-state index is 11.7. The Morgan fingerprint density at radius 3 is 2.76 bits per heavy atom. The summed E-state index contributed by atoms with van der Waals surface area (Å²) in [6.07, 6.45) is 16.7. The zero-order chi connectivity index (χ0) is 32.3. The largest absolute Gasteiger partial charge is 0.504 e. The zero-order valence-electron chi connectivity index (χ0n) is 27.0. The average molecular weight is 630 g/mol. The van der Waals surface area contributed by atoms with Crippen LogP contribution in [0.25, 0.3) is 0 Å². The van der Waals surface area contributed by atoms with Gasteiger partial charge in [0, 0.05) is 42.1 Å². The van der Waals surface area contributed by atoms with Gasteiger partial charge < -0.3 is 40.8 Å². The molecule has 0 radical (unpaired) electrons. The molecule has 2 aliphatic carbocycles. The van der Waals surface area contributed by atoms with Crippen molar-refractivity contribution in [3.05, 3.63) is 83.5 Å². The van der Waals surface area contributed by atoms with Gasteiger partial charge in [-0.1, -0.05) is 55.9 Å². The van der Waals surface area contributed by atoms with Gasteiger partial charge in [-0.05, 0) is 85.9 Å². The van der Waals surface area contributed by atoms with Crippen LogP contribution in [0.4, 0.5) is 0 Å². The van der Waals surface area contributed by atoms with E-state index in [4.69, 9.17) is 15.2 Å². The standard InChI is InChI=1S/C38H51N3O5/c1-2-26-6-3-4-8-35(46-21-19-42)38-27(10-9-26)11-12-28(23-34(38)44)29-13-14-33(43)36(24-29)45-20-16-31(22-32-7-5-17-40-32)30-15-18-41-37(39)25-30/h5,7,11-15,17,24-28,31,34-35,38,40-44H,2-4,6,8,16,18-23,39H2,1H3/t26-,27+,28-,31+,34+,35-,38-/m0/s1. The normalized spacial score (nSPS) is 27.1. The molecule has 1 aliphatic heterocycles. The van der Waals surface area contributed by atoms with Crippen LogP contribution >= 0.6 is 0 Å². The lowest BCUT2D eigenvalue weighted by molar-refractivity contribution is -0.0602. The van der Waals surface area contributed by atoms with Gasteiger partial charge in [-0.2, -0.15) is 0 Å². The molecule has 248 valence electrons. The molecule has 1 aromatic carbocycles. The van der Waals surface area contributed by atoms with Gasteiger partial charge in [0.25, 0.3) is 0 Å². The second kappa shape index (κ2) is 16.8. The number of hydrogen-bond donors (Lipinski definition) is 6. The van der Waals surface area contributed by atoms with Crippen molar-refractivity contribution in [1.29, 1.82) is 0 Å². The van der Waals surface area contributed by atoms with Crippen LogP contribution in [-0.2, 0) is 11.2 Å². The number of aliphatic hydroxyl groups excluding tert-OH is 2. The van der Waals surface area contributed by atoms with Gasteiger partial charge in [0.15, 0.2) is 11.5 Å². The highest BCUT2D eigenvalue weighted by Crippen LogP contribution is 2.39. The molecule has 5 rings (SSSR count). The molecular weight excluding hydrogens is 578 g/mol. The summed E-state index contributed by atoms with van der Waals surface area (Å²) in [7, 11) is 0. The number of hydrogen-bond acceptors (Lipinski definition) is 7. The number of phenolic OH excluding ortho intramolecular Hbond substituents is 1. The lowest BCUT2D eigenvalue weighted by Crippen LogP contribution is -2.39. The van der Waals surface area contributed by atoms with Gasteiger partial charge in [-0.25, -0.2) is 0 Å². The van der Waals surface area contributed by atoms with E-state index in [1.807, 2.05) is 30.5 Å². The second-order valence-corrected chi connectivity index (χ2v) is 12.9. The Kier molecular flexibility index (Phi) is 12.3. The van der Waals surface area contributed by atoms with E-state index in [2.05, 4.69) is 53.4 Å². The molecule has 0 saturated carbocycles. The van der Waals surface area contributed by atoms with Crippen molar-refractivity contribution in [2.45, 2.75) is 76.4 Å². The molecule has 46 heavy (non-hydrogen) atoms. The van der Waals surface area contributed by atoms with Gasteiger partial charge in [-0.15, -0.1) is 0 Å². The van der Waals surface area contributed by atoms with Gasteiger partial charge in [0.1, 0.15) is 0 Å². The molecular formula is C38H51N3O5. The van der Waals surface area contributed by atoms with Crippen LogP contribution in [0.3, 0.4) is 0 Å². The Morgan fingerprint density at radius 2 is 1.98 bits per heavy atom. The first-order valence-corrected chi connectivity index (χ1v) is 17.0. The number of benzene rings is 1. The number of aliphatic hydroxyl groups is 2. The summed E-state index contributed by atoms with van der Waals surface area (Å²) in [5.41, 5.74) is 9.38. The van der Waals surface area contributed by atoms with Crippen LogP contribution in [0.15, 0.2) is 72.2 Å². The fourth-order valence-corrected chi connectivity index (χ4v) is 7.10. The monoisotopic (exact) mass is 629 g/mol. The molecule has 0 unspecified atom stereocenters. The Bertz CT molecular complexity index is 1410. The number of aromatic nitrogens is 1. The summed E-state index contributed by atoms with van der Waals surface area (Å²) in [6.45, 7) is 3.51. The molecule has 2 aromatic rings. The lowest BCUT2D eigenvalue weighted by atomic mass is 9.79. The number of dihydropyridines is 1. The molecule has 0 amide bonds. The number of aromatic hydroxyl groups is 1. The first-order chi connectivity index (χ1) is 22.4. The first-order valence-electron chi connectivity index (χ1n) is 17.0. The number of H-pyrrole nitrogens is 1. The predicted molar refractivity (Wildman–Crippen MR) is 181 cm³/mol. The van der Waals surface area contributed by atoms with E-state index in [1.54, 1.807) is 6.07 Å². The Labute approximate surface area is 273 Å². The number of nitrogens with two attached hydrogens (primary N) is 1. The number of ether oxygens (including phenoxy) is 2. The molecule has 7 N–H and O–H groups in total. The highest BCUT2D eigenvalue weighted by molar-refractivity contribution is 5.44. The molecule has 0 fully saturated rings. The third-order valence-corrected chi connectivity index (χ3v) is 9.70. The Balaban J connectivity index is 1.32. The van der Waals surface area contributed by atoms with Gasteiger partial charge >= 0.3 is 0 Å². The van der Waals surface area contributed by atoms with Crippen molar-refractivity contribution in [1.82, 2.24) is 10.3 Å². The lowest BCUT2D eigenvalue weighted by Gasteiger charge is -2.34. The minimum Gasteiger partial charge on any atom is -0.504 e. The number of rotatable bonds is 12. The van der Waals surface area contributed by atoms with Crippen LogP contribution < -0.4 is 15.8 Å². The molecule has 3 aliphatic rings. The zero-order valence-corrected chi connectivity index (χ0v) is 27.0. The number of allylic oxidation sites excluding steroid dienone is 4. The SMILES string of the molecule is CC[C@@H]1C#C[C@@H]2C=C[C@H](c3ccc(O)c(OCC[C@H](Cc4ccc[nH]4)C4=CCNC(N)=C4)c3)C[C@@H](O)[C@H]2[C@@H](OCCO)CCCC1. The fraction of sp³-hybridized carbons (Fsp3) is 0.526. The second-order valence-electron chi connectivity index (χ2n) is 12.9. The van der Waals surface area contributed by atoms with Crippen LogP contribution in [0.2, 0.25) is 0 Å².